The Kier molecular flexibility index (Phi) is 6.23. The SMILES string of the molecule is C=CC(=O)N1CCC[C@@H](n2nc(C#CCOc3cccc(F)c3Cl)c3c(N)ncnc32)C1. The maximum absolute atomic E-state index is 13.5. The largest absolute Gasteiger partial charge is 0.479 e. The highest BCUT2D eigenvalue weighted by Crippen LogP contribution is 2.29. The van der Waals surface area contributed by atoms with Gasteiger partial charge >= 0.3 is 0 Å². The minimum absolute atomic E-state index is 0.0316. The summed E-state index contributed by atoms with van der Waals surface area (Å²) in [4.78, 5) is 22.2. The number of benzene rings is 1. The zero-order valence-electron chi connectivity index (χ0n) is 17.1. The van der Waals surface area contributed by atoms with Crippen LogP contribution in [0.15, 0.2) is 37.2 Å². The van der Waals surface area contributed by atoms with Gasteiger partial charge in [0.15, 0.2) is 5.65 Å². The molecule has 1 fully saturated rings. The Labute approximate surface area is 188 Å². The number of fused-ring (bicyclic) bond motifs is 1. The van der Waals surface area contributed by atoms with Crippen LogP contribution in [0.25, 0.3) is 11.0 Å². The molecule has 1 amide bonds. The highest BCUT2D eigenvalue weighted by atomic mass is 35.5. The molecule has 10 heteroatoms. The van der Waals surface area contributed by atoms with Crippen molar-refractivity contribution in [1.82, 2.24) is 24.6 Å². The molecule has 1 aromatic carbocycles. The van der Waals surface area contributed by atoms with Gasteiger partial charge in [-0.05, 0) is 37.0 Å². The van der Waals surface area contributed by atoms with Crippen LogP contribution in [0.4, 0.5) is 10.2 Å². The highest BCUT2D eigenvalue weighted by molar-refractivity contribution is 6.32. The first-order chi connectivity index (χ1) is 15.5. The average Bonchev–Trinajstić information content (AvgIpc) is 3.19. The van der Waals surface area contributed by atoms with E-state index in [1.807, 2.05) is 0 Å². The fourth-order valence-electron chi connectivity index (χ4n) is 3.65. The van der Waals surface area contributed by atoms with Gasteiger partial charge in [-0.25, -0.2) is 19.0 Å². The quantitative estimate of drug-likeness (QED) is 0.480. The summed E-state index contributed by atoms with van der Waals surface area (Å²) in [7, 11) is 0. The van der Waals surface area contributed by atoms with Crippen LogP contribution in [0, 0.1) is 17.7 Å². The van der Waals surface area contributed by atoms with Gasteiger partial charge in [0.1, 0.15) is 41.0 Å². The number of aromatic nitrogens is 4. The number of likely N-dealkylation sites (tertiary alicyclic amines) is 1. The number of nitrogen functional groups attached to an aromatic ring is 1. The predicted octanol–water partition coefficient (Wildman–Crippen LogP) is 2.98. The second-order valence-corrected chi connectivity index (χ2v) is 7.56. The molecular weight excluding hydrogens is 435 g/mol. The Balaban J connectivity index is 1.61. The zero-order valence-corrected chi connectivity index (χ0v) is 17.8. The topological polar surface area (TPSA) is 99.2 Å². The maximum atomic E-state index is 13.5. The van der Waals surface area contributed by atoms with Gasteiger partial charge in [0.25, 0.3) is 0 Å². The molecule has 1 atom stereocenters. The van der Waals surface area contributed by atoms with Gasteiger partial charge in [0, 0.05) is 13.1 Å². The summed E-state index contributed by atoms with van der Waals surface area (Å²) in [6, 6.07) is 4.23. The Morgan fingerprint density at radius 3 is 3.09 bits per heavy atom. The van der Waals surface area contributed by atoms with Crippen LogP contribution in [0.3, 0.4) is 0 Å². The lowest BCUT2D eigenvalue weighted by atomic mass is 10.1. The van der Waals surface area contributed by atoms with Crippen LogP contribution >= 0.6 is 11.6 Å². The number of hydrogen-bond donors (Lipinski definition) is 1. The smallest absolute Gasteiger partial charge is 0.246 e. The van der Waals surface area contributed by atoms with E-state index in [4.69, 9.17) is 22.1 Å². The summed E-state index contributed by atoms with van der Waals surface area (Å²) in [5, 5.41) is 5.06. The summed E-state index contributed by atoms with van der Waals surface area (Å²) < 4.78 is 20.7. The minimum atomic E-state index is -0.566. The molecule has 4 rings (SSSR count). The number of carbonyl (C=O) groups is 1. The average molecular weight is 455 g/mol. The fourth-order valence-corrected chi connectivity index (χ4v) is 3.83. The molecule has 0 unspecified atom stereocenters. The van der Waals surface area contributed by atoms with E-state index in [0.29, 0.717) is 29.8 Å². The van der Waals surface area contributed by atoms with Crippen molar-refractivity contribution in [2.75, 3.05) is 25.4 Å². The molecule has 0 bridgehead atoms. The van der Waals surface area contributed by atoms with E-state index in [0.717, 1.165) is 12.8 Å². The van der Waals surface area contributed by atoms with Crippen LogP contribution in [0.1, 0.15) is 24.6 Å². The summed E-state index contributed by atoms with van der Waals surface area (Å²) in [5.41, 5.74) is 7.04. The summed E-state index contributed by atoms with van der Waals surface area (Å²) in [6.07, 6.45) is 4.34. The number of ether oxygens (including phenoxy) is 1. The predicted molar refractivity (Wildman–Crippen MR) is 119 cm³/mol. The van der Waals surface area contributed by atoms with Crippen molar-refractivity contribution in [2.45, 2.75) is 18.9 Å². The lowest BCUT2D eigenvalue weighted by Crippen LogP contribution is -2.40. The second kappa shape index (κ2) is 9.24. The Bertz CT molecular complexity index is 1250. The number of rotatable bonds is 4. The first-order valence-electron chi connectivity index (χ1n) is 9.95. The molecule has 0 saturated carbocycles. The number of nitrogens with two attached hydrogens (primary N) is 1. The molecular formula is C22H20ClFN6O2. The lowest BCUT2D eigenvalue weighted by Gasteiger charge is -2.32. The number of hydrogen-bond acceptors (Lipinski definition) is 6. The highest BCUT2D eigenvalue weighted by Gasteiger charge is 2.27. The van der Waals surface area contributed by atoms with Gasteiger partial charge < -0.3 is 15.4 Å². The third kappa shape index (κ3) is 4.22. The van der Waals surface area contributed by atoms with E-state index in [1.165, 1.54) is 24.5 Å². The minimum Gasteiger partial charge on any atom is -0.479 e. The molecule has 32 heavy (non-hydrogen) atoms. The molecule has 1 aliphatic heterocycles. The molecule has 2 N–H and O–H groups in total. The van der Waals surface area contributed by atoms with Gasteiger partial charge in [-0.2, -0.15) is 5.10 Å². The van der Waals surface area contributed by atoms with Gasteiger partial charge in [0.2, 0.25) is 5.91 Å². The third-order valence-electron chi connectivity index (χ3n) is 5.17. The second-order valence-electron chi connectivity index (χ2n) is 7.18. The Morgan fingerprint density at radius 2 is 2.28 bits per heavy atom. The van der Waals surface area contributed by atoms with Crippen LogP contribution in [0.2, 0.25) is 5.02 Å². The number of halogens is 2. The van der Waals surface area contributed by atoms with Gasteiger partial charge in [-0.15, -0.1) is 0 Å². The van der Waals surface area contributed by atoms with Crippen LogP contribution in [-0.2, 0) is 4.79 Å². The van der Waals surface area contributed by atoms with Crippen molar-refractivity contribution < 1.29 is 13.9 Å². The van der Waals surface area contributed by atoms with Gasteiger partial charge in [0.05, 0.1) is 11.4 Å². The van der Waals surface area contributed by atoms with Crippen LogP contribution < -0.4 is 10.5 Å². The molecule has 3 heterocycles. The normalized spacial score (nSPS) is 15.8. The zero-order chi connectivity index (χ0) is 22.7. The molecule has 164 valence electrons. The van der Waals surface area contributed by atoms with Crippen molar-refractivity contribution in [3.63, 3.8) is 0 Å². The first-order valence-corrected chi connectivity index (χ1v) is 10.3. The van der Waals surface area contributed by atoms with Gasteiger partial charge in [-0.1, -0.05) is 30.2 Å². The lowest BCUT2D eigenvalue weighted by molar-refractivity contribution is -0.127. The molecule has 0 spiro atoms. The van der Waals surface area contributed by atoms with Gasteiger partial charge in [-0.3, -0.25) is 4.79 Å². The first kappa shape index (κ1) is 21.6. The number of piperidine rings is 1. The Hall–Kier alpha value is -3.64. The van der Waals surface area contributed by atoms with E-state index >= 15 is 0 Å². The molecule has 8 nitrogen and oxygen atoms in total. The Morgan fingerprint density at radius 1 is 1.44 bits per heavy atom. The van der Waals surface area contributed by atoms with E-state index in [-0.39, 0.29) is 35.1 Å². The van der Waals surface area contributed by atoms with Crippen LogP contribution in [-0.4, -0.2) is 50.3 Å². The fraction of sp³-hybridized carbons (Fsp3) is 0.273. The number of nitrogens with zero attached hydrogens (tertiary/aromatic N) is 5. The van der Waals surface area contributed by atoms with E-state index < -0.39 is 5.82 Å². The number of anilines is 1. The maximum Gasteiger partial charge on any atom is 0.246 e. The van der Waals surface area contributed by atoms with Crippen molar-refractivity contribution >= 4 is 34.4 Å². The summed E-state index contributed by atoms with van der Waals surface area (Å²) in [5.74, 6) is 5.56. The van der Waals surface area contributed by atoms with E-state index in [1.54, 1.807) is 15.6 Å². The molecule has 1 aliphatic rings. The summed E-state index contributed by atoms with van der Waals surface area (Å²) >= 11 is 5.89. The van der Waals surface area contributed by atoms with E-state index in [2.05, 4.69) is 33.5 Å². The summed E-state index contributed by atoms with van der Waals surface area (Å²) in [6.45, 7) is 4.69. The van der Waals surface area contributed by atoms with Crippen LogP contribution in [0.5, 0.6) is 5.75 Å². The van der Waals surface area contributed by atoms with E-state index in [9.17, 15) is 9.18 Å². The third-order valence-corrected chi connectivity index (χ3v) is 5.54. The van der Waals surface area contributed by atoms with Crippen molar-refractivity contribution in [3.05, 3.63) is 53.7 Å². The number of carbonyl (C=O) groups excluding carboxylic acids is 1. The van der Waals surface area contributed by atoms with Crippen molar-refractivity contribution in [2.24, 2.45) is 0 Å². The molecule has 2 aromatic heterocycles. The molecule has 3 aromatic rings. The van der Waals surface area contributed by atoms with Crippen molar-refractivity contribution in [1.29, 1.82) is 0 Å². The molecule has 0 aliphatic carbocycles. The standard InChI is InChI=1S/C22H20ClFN6O2/c1-2-18(31)29-10-4-6-14(12-29)30-22-19(21(25)26-13-27-22)16(28-30)8-5-11-32-17-9-3-7-15(24)20(17)23/h2-3,7,9,13-14H,1,4,6,10-12H2,(H2,25,26,27)/t14-/m1/s1. The molecule has 1 saturated heterocycles. The molecule has 0 radical (unpaired) electrons. The monoisotopic (exact) mass is 454 g/mol. The number of amides is 1. The van der Waals surface area contributed by atoms with Crippen molar-refractivity contribution in [3.8, 4) is 17.6 Å².